The summed E-state index contributed by atoms with van der Waals surface area (Å²) in [6.45, 7) is 0. The van der Waals surface area contributed by atoms with Gasteiger partial charge < -0.3 is 0 Å². The first-order chi connectivity index (χ1) is 15.0. The molecule has 5 aromatic rings. The fourth-order valence-electron chi connectivity index (χ4n) is 3.72. The Morgan fingerprint density at radius 1 is 0.806 bits per heavy atom. The fraction of sp³-hybridized carbons (Fsp3) is 0.0417. The molecular weight excluding hydrogens is 418 g/mol. The number of benzene rings is 2. The maximum atomic E-state index is 13.7. The SMILES string of the molecule is Cn1cc2c(-c3ccc(F)cc3)c(-c3ccnc(Cl)c3)c(-c3ccc(F)cc3)nc2n1. The minimum atomic E-state index is -0.338. The molecule has 0 spiro atoms. The van der Waals surface area contributed by atoms with Gasteiger partial charge in [-0.1, -0.05) is 23.7 Å². The lowest BCUT2D eigenvalue weighted by Gasteiger charge is -2.16. The van der Waals surface area contributed by atoms with Crippen molar-refractivity contribution >= 4 is 22.6 Å². The van der Waals surface area contributed by atoms with Crippen molar-refractivity contribution in [3.05, 3.63) is 89.8 Å². The highest BCUT2D eigenvalue weighted by Gasteiger charge is 2.21. The molecular formula is C24H15ClF2N4. The zero-order chi connectivity index (χ0) is 21.5. The molecule has 0 unspecified atom stereocenters. The van der Waals surface area contributed by atoms with Gasteiger partial charge in [-0.05, 0) is 59.7 Å². The average Bonchev–Trinajstić information content (AvgIpc) is 3.13. The van der Waals surface area contributed by atoms with E-state index in [2.05, 4.69) is 10.1 Å². The molecule has 152 valence electrons. The summed E-state index contributed by atoms with van der Waals surface area (Å²) in [5, 5.41) is 5.63. The lowest BCUT2D eigenvalue weighted by Crippen LogP contribution is -1.96. The van der Waals surface area contributed by atoms with Gasteiger partial charge in [0.1, 0.15) is 16.8 Å². The van der Waals surface area contributed by atoms with Crippen LogP contribution in [0.25, 0.3) is 44.5 Å². The first kappa shape index (κ1) is 19.3. The maximum Gasteiger partial charge on any atom is 0.182 e. The average molecular weight is 433 g/mol. The second kappa shape index (κ2) is 7.56. The summed E-state index contributed by atoms with van der Waals surface area (Å²) in [6, 6.07) is 16.0. The van der Waals surface area contributed by atoms with E-state index in [-0.39, 0.29) is 11.6 Å². The van der Waals surface area contributed by atoms with Crippen molar-refractivity contribution < 1.29 is 8.78 Å². The lowest BCUT2D eigenvalue weighted by atomic mass is 9.90. The van der Waals surface area contributed by atoms with Gasteiger partial charge in [-0.3, -0.25) is 4.68 Å². The largest absolute Gasteiger partial charge is 0.273 e. The molecule has 0 N–H and O–H groups in total. The quantitative estimate of drug-likeness (QED) is 0.314. The zero-order valence-corrected chi connectivity index (χ0v) is 17.1. The van der Waals surface area contributed by atoms with E-state index in [1.165, 1.54) is 24.3 Å². The van der Waals surface area contributed by atoms with Crippen molar-refractivity contribution in [1.82, 2.24) is 19.7 Å². The molecule has 0 radical (unpaired) electrons. The van der Waals surface area contributed by atoms with E-state index in [0.717, 1.165) is 33.2 Å². The van der Waals surface area contributed by atoms with Gasteiger partial charge in [-0.25, -0.2) is 18.7 Å². The number of aryl methyl sites for hydroxylation is 1. The van der Waals surface area contributed by atoms with E-state index in [0.29, 0.717) is 16.5 Å². The number of rotatable bonds is 3. The third-order valence-electron chi connectivity index (χ3n) is 5.05. The molecule has 0 bridgehead atoms. The second-order valence-electron chi connectivity index (χ2n) is 7.13. The molecule has 0 fully saturated rings. The minimum Gasteiger partial charge on any atom is -0.273 e. The first-order valence-electron chi connectivity index (χ1n) is 9.51. The minimum absolute atomic E-state index is 0.326. The van der Waals surface area contributed by atoms with Crippen LogP contribution >= 0.6 is 11.6 Å². The van der Waals surface area contributed by atoms with Crippen molar-refractivity contribution in [1.29, 1.82) is 0 Å². The number of pyridine rings is 2. The molecule has 4 nitrogen and oxygen atoms in total. The summed E-state index contributed by atoms with van der Waals surface area (Å²) in [6.07, 6.45) is 3.50. The molecule has 3 aromatic heterocycles. The summed E-state index contributed by atoms with van der Waals surface area (Å²) < 4.78 is 29.0. The molecule has 0 amide bonds. The molecule has 0 aliphatic rings. The van der Waals surface area contributed by atoms with Gasteiger partial charge in [-0.15, -0.1) is 0 Å². The molecule has 0 atom stereocenters. The highest BCUT2D eigenvalue weighted by atomic mass is 35.5. The standard InChI is InChI=1S/C24H15ClF2N4/c1-31-13-19-21(14-2-6-17(26)7-3-14)22(16-10-11-28-20(25)12-16)23(29-24(19)30-31)15-4-8-18(27)9-5-15/h2-13H,1H3. The van der Waals surface area contributed by atoms with Crippen LogP contribution in [-0.2, 0) is 7.05 Å². The van der Waals surface area contributed by atoms with Crippen LogP contribution in [0.4, 0.5) is 8.78 Å². The molecule has 0 saturated carbocycles. The van der Waals surface area contributed by atoms with Gasteiger partial charge in [0.25, 0.3) is 0 Å². The van der Waals surface area contributed by atoms with E-state index < -0.39 is 0 Å². The molecule has 3 heterocycles. The fourth-order valence-corrected chi connectivity index (χ4v) is 3.90. The summed E-state index contributed by atoms with van der Waals surface area (Å²) in [4.78, 5) is 8.90. The summed E-state index contributed by atoms with van der Waals surface area (Å²) in [7, 11) is 1.82. The third kappa shape index (κ3) is 3.55. The normalized spacial score (nSPS) is 11.2. The third-order valence-corrected chi connectivity index (χ3v) is 5.26. The Morgan fingerprint density at radius 2 is 1.45 bits per heavy atom. The first-order valence-corrected chi connectivity index (χ1v) is 9.88. The number of hydrogen-bond donors (Lipinski definition) is 0. The zero-order valence-electron chi connectivity index (χ0n) is 16.4. The highest BCUT2D eigenvalue weighted by molar-refractivity contribution is 6.29. The van der Waals surface area contributed by atoms with Gasteiger partial charge in [0.15, 0.2) is 5.65 Å². The van der Waals surface area contributed by atoms with E-state index in [1.807, 2.05) is 19.3 Å². The Morgan fingerprint density at radius 3 is 2.10 bits per heavy atom. The van der Waals surface area contributed by atoms with Crippen molar-refractivity contribution in [2.45, 2.75) is 0 Å². The molecule has 2 aromatic carbocycles. The predicted molar refractivity (Wildman–Crippen MR) is 118 cm³/mol. The lowest BCUT2D eigenvalue weighted by molar-refractivity contribution is 0.627. The van der Waals surface area contributed by atoms with Crippen molar-refractivity contribution in [3.8, 4) is 33.5 Å². The molecule has 0 aliphatic heterocycles. The predicted octanol–water partition coefficient (Wildman–Crippen LogP) is 6.30. The maximum absolute atomic E-state index is 13.7. The van der Waals surface area contributed by atoms with Crippen molar-refractivity contribution in [3.63, 3.8) is 0 Å². The van der Waals surface area contributed by atoms with E-state index in [4.69, 9.17) is 16.6 Å². The van der Waals surface area contributed by atoms with Gasteiger partial charge in [-0.2, -0.15) is 5.10 Å². The van der Waals surface area contributed by atoms with Crippen LogP contribution in [-0.4, -0.2) is 19.7 Å². The number of hydrogen-bond acceptors (Lipinski definition) is 3. The monoisotopic (exact) mass is 432 g/mol. The number of nitrogens with zero attached hydrogens (tertiary/aromatic N) is 4. The summed E-state index contributed by atoms with van der Waals surface area (Å²) >= 11 is 6.21. The highest BCUT2D eigenvalue weighted by Crippen LogP contribution is 2.43. The number of halogens is 3. The van der Waals surface area contributed by atoms with Crippen LogP contribution in [0.1, 0.15) is 0 Å². The molecule has 5 rings (SSSR count). The van der Waals surface area contributed by atoms with E-state index in [1.54, 1.807) is 41.2 Å². The van der Waals surface area contributed by atoms with Crippen LogP contribution in [0.2, 0.25) is 5.15 Å². The summed E-state index contributed by atoms with van der Waals surface area (Å²) in [5.41, 5.74) is 5.07. The van der Waals surface area contributed by atoms with Gasteiger partial charge in [0.05, 0.1) is 5.69 Å². The number of aromatic nitrogens is 4. The Bertz CT molecular complexity index is 1410. The molecule has 0 saturated heterocycles. The van der Waals surface area contributed by atoms with Crippen LogP contribution in [0, 0.1) is 11.6 Å². The molecule has 31 heavy (non-hydrogen) atoms. The van der Waals surface area contributed by atoms with E-state index in [9.17, 15) is 8.78 Å². The Balaban J connectivity index is 1.94. The van der Waals surface area contributed by atoms with Crippen molar-refractivity contribution in [2.75, 3.05) is 0 Å². The van der Waals surface area contributed by atoms with E-state index >= 15 is 0 Å². The smallest absolute Gasteiger partial charge is 0.182 e. The molecule has 0 aliphatic carbocycles. The van der Waals surface area contributed by atoms with Gasteiger partial charge in [0, 0.05) is 41.5 Å². The Hall–Kier alpha value is -3.64. The van der Waals surface area contributed by atoms with Gasteiger partial charge >= 0.3 is 0 Å². The topological polar surface area (TPSA) is 43.6 Å². The Kier molecular flexibility index (Phi) is 4.71. The number of fused-ring (bicyclic) bond motifs is 1. The summed E-state index contributed by atoms with van der Waals surface area (Å²) in [5.74, 6) is -0.664. The van der Waals surface area contributed by atoms with Crippen LogP contribution in [0.3, 0.4) is 0 Å². The van der Waals surface area contributed by atoms with Crippen LogP contribution < -0.4 is 0 Å². The van der Waals surface area contributed by atoms with Crippen LogP contribution in [0.15, 0.2) is 73.1 Å². The van der Waals surface area contributed by atoms with Crippen LogP contribution in [0.5, 0.6) is 0 Å². The van der Waals surface area contributed by atoms with Gasteiger partial charge in [0.2, 0.25) is 0 Å². The second-order valence-corrected chi connectivity index (χ2v) is 7.52. The molecule has 7 heteroatoms. The van der Waals surface area contributed by atoms with Crippen molar-refractivity contribution in [2.24, 2.45) is 7.05 Å². The Labute approximate surface area is 181 Å².